The zero-order valence-corrected chi connectivity index (χ0v) is 6.95. The van der Waals surface area contributed by atoms with E-state index in [1.807, 2.05) is 4.68 Å². The van der Waals surface area contributed by atoms with Gasteiger partial charge in [0.25, 0.3) is 0 Å². The largest absolute Gasteiger partial charge is 0.354 e. The molecular formula is C7H13N5. The van der Waals surface area contributed by atoms with Gasteiger partial charge in [0.2, 0.25) is 5.95 Å². The number of fused-ring (bicyclic) bond motifs is 1. The van der Waals surface area contributed by atoms with Crippen LogP contribution in [0, 0.1) is 0 Å². The zero-order valence-electron chi connectivity index (χ0n) is 6.95. The van der Waals surface area contributed by atoms with Crippen molar-refractivity contribution in [3.63, 3.8) is 0 Å². The van der Waals surface area contributed by atoms with Crippen molar-refractivity contribution in [2.45, 2.75) is 19.4 Å². The topological polar surface area (TPSA) is 68.8 Å². The summed E-state index contributed by atoms with van der Waals surface area (Å²) in [5.74, 6) is 1.74. The van der Waals surface area contributed by atoms with Gasteiger partial charge in [-0.25, -0.2) is 4.68 Å². The fourth-order valence-electron chi connectivity index (χ4n) is 1.34. The summed E-state index contributed by atoms with van der Waals surface area (Å²) in [4.78, 5) is 4.30. The summed E-state index contributed by atoms with van der Waals surface area (Å²) in [5.41, 5.74) is 5.41. The number of nitrogens with two attached hydrogens (primary N) is 1. The van der Waals surface area contributed by atoms with Crippen molar-refractivity contribution in [3.8, 4) is 0 Å². The summed E-state index contributed by atoms with van der Waals surface area (Å²) in [5, 5.41) is 7.49. The molecule has 0 amide bonds. The molecule has 5 heteroatoms. The molecule has 5 nitrogen and oxygen atoms in total. The third-order valence-electron chi connectivity index (χ3n) is 1.91. The lowest BCUT2D eigenvalue weighted by Gasteiger charge is -2.12. The molecule has 0 bridgehead atoms. The molecule has 1 aliphatic heterocycles. The molecule has 2 rings (SSSR count). The molecular weight excluding hydrogens is 154 g/mol. The Morgan fingerprint density at radius 2 is 2.50 bits per heavy atom. The standard InChI is InChI=1S/C7H13N5/c8-3-2-6-10-7-9-4-1-5-12(7)11-6/h1-5,8H2,(H,9,10,11). The van der Waals surface area contributed by atoms with Crippen LogP contribution in [-0.2, 0) is 13.0 Å². The zero-order chi connectivity index (χ0) is 8.39. The minimum atomic E-state index is 0.615. The van der Waals surface area contributed by atoms with E-state index in [2.05, 4.69) is 15.4 Å². The summed E-state index contributed by atoms with van der Waals surface area (Å²) < 4.78 is 1.91. The fraction of sp³-hybridized carbons (Fsp3) is 0.714. The van der Waals surface area contributed by atoms with Gasteiger partial charge in [-0.1, -0.05) is 0 Å². The van der Waals surface area contributed by atoms with E-state index in [0.29, 0.717) is 6.54 Å². The van der Waals surface area contributed by atoms with Gasteiger partial charge in [-0.15, -0.1) is 0 Å². The second kappa shape index (κ2) is 3.10. The lowest BCUT2D eigenvalue weighted by molar-refractivity contribution is 0.560. The first kappa shape index (κ1) is 7.54. The Balaban J connectivity index is 2.20. The maximum Gasteiger partial charge on any atom is 0.221 e. The van der Waals surface area contributed by atoms with Crippen molar-refractivity contribution in [2.75, 3.05) is 18.4 Å². The van der Waals surface area contributed by atoms with Crippen LogP contribution in [-0.4, -0.2) is 27.9 Å². The first-order chi connectivity index (χ1) is 5.90. The first-order valence-electron chi connectivity index (χ1n) is 4.28. The second-order valence-corrected chi connectivity index (χ2v) is 2.89. The van der Waals surface area contributed by atoms with Gasteiger partial charge < -0.3 is 11.1 Å². The molecule has 12 heavy (non-hydrogen) atoms. The van der Waals surface area contributed by atoms with Gasteiger partial charge in [0.1, 0.15) is 0 Å². The minimum Gasteiger partial charge on any atom is -0.354 e. The number of hydrogen-bond donors (Lipinski definition) is 2. The quantitative estimate of drug-likeness (QED) is 0.628. The van der Waals surface area contributed by atoms with E-state index in [-0.39, 0.29) is 0 Å². The Bertz CT molecular complexity index is 243. The van der Waals surface area contributed by atoms with E-state index in [9.17, 15) is 0 Å². The number of nitrogens with zero attached hydrogens (tertiary/aromatic N) is 3. The third-order valence-corrected chi connectivity index (χ3v) is 1.91. The van der Waals surface area contributed by atoms with Gasteiger partial charge in [-0.2, -0.15) is 10.1 Å². The van der Waals surface area contributed by atoms with Crippen molar-refractivity contribution < 1.29 is 0 Å². The highest BCUT2D eigenvalue weighted by Gasteiger charge is 2.11. The maximum atomic E-state index is 5.41. The molecule has 66 valence electrons. The monoisotopic (exact) mass is 167 g/mol. The van der Waals surface area contributed by atoms with Crippen LogP contribution in [0.4, 0.5) is 5.95 Å². The lowest BCUT2D eigenvalue weighted by atomic mass is 10.4. The van der Waals surface area contributed by atoms with Crippen LogP contribution in [0.25, 0.3) is 0 Å². The molecule has 0 radical (unpaired) electrons. The molecule has 0 fully saturated rings. The van der Waals surface area contributed by atoms with Crippen molar-refractivity contribution in [2.24, 2.45) is 5.73 Å². The molecule has 0 aromatic carbocycles. The van der Waals surface area contributed by atoms with Gasteiger partial charge in [-0.3, -0.25) is 0 Å². The number of aryl methyl sites for hydroxylation is 1. The Kier molecular flexibility index (Phi) is 1.95. The third kappa shape index (κ3) is 1.27. The fourth-order valence-corrected chi connectivity index (χ4v) is 1.34. The molecule has 0 saturated heterocycles. The van der Waals surface area contributed by atoms with Crippen molar-refractivity contribution in [1.82, 2.24) is 14.8 Å². The smallest absolute Gasteiger partial charge is 0.221 e. The van der Waals surface area contributed by atoms with E-state index in [0.717, 1.165) is 37.7 Å². The first-order valence-corrected chi connectivity index (χ1v) is 4.28. The molecule has 3 N–H and O–H groups in total. The molecule has 2 heterocycles. The lowest BCUT2D eigenvalue weighted by Crippen LogP contribution is -2.17. The van der Waals surface area contributed by atoms with Crippen LogP contribution in [0.2, 0.25) is 0 Å². The van der Waals surface area contributed by atoms with E-state index in [1.165, 1.54) is 0 Å². The molecule has 1 aromatic heterocycles. The Hall–Kier alpha value is -1.10. The summed E-state index contributed by atoms with van der Waals surface area (Å²) in [6.45, 7) is 2.59. The van der Waals surface area contributed by atoms with Crippen LogP contribution in [0.3, 0.4) is 0 Å². The number of nitrogens with one attached hydrogen (secondary N) is 1. The average molecular weight is 167 g/mol. The number of hydrogen-bond acceptors (Lipinski definition) is 4. The van der Waals surface area contributed by atoms with Gasteiger partial charge in [0, 0.05) is 19.5 Å². The Labute approximate surface area is 71.0 Å². The van der Waals surface area contributed by atoms with Crippen LogP contribution < -0.4 is 11.1 Å². The van der Waals surface area contributed by atoms with E-state index < -0.39 is 0 Å². The number of rotatable bonds is 2. The van der Waals surface area contributed by atoms with Crippen LogP contribution >= 0.6 is 0 Å². The predicted molar refractivity (Wildman–Crippen MR) is 45.9 cm³/mol. The van der Waals surface area contributed by atoms with E-state index >= 15 is 0 Å². The highest BCUT2D eigenvalue weighted by atomic mass is 15.4. The maximum absolute atomic E-state index is 5.41. The van der Waals surface area contributed by atoms with Gasteiger partial charge >= 0.3 is 0 Å². The summed E-state index contributed by atoms with van der Waals surface area (Å²) >= 11 is 0. The van der Waals surface area contributed by atoms with Gasteiger partial charge in [0.15, 0.2) is 5.82 Å². The van der Waals surface area contributed by atoms with Crippen molar-refractivity contribution in [1.29, 1.82) is 0 Å². The highest BCUT2D eigenvalue weighted by Crippen LogP contribution is 2.10. The number of aromatic nitrogens is 3. The summed E-state index contributed by atoms with van der Waals surface area (Å²) in [6, 6.07) is 0. The average Bonchev–Trinajstić information content (AvgIpc) is 2.47. The van der Waals surface area contributed by atoms with Crippen molar-refractivity contribution in [3.05, 3.63) is 5.82 Å². The molecule has 0 spiro atoms. The van der Waals surface area contributed by atoms with E-state index in [1.54, 1.807) is 0 Å². The summed E-state index contributed by atoms with van der Waals surface area (Å²) in [7, 11) is 0. The molecule has 0 atom stereocenters. The van der Waals surface area contributed by atoms with Crippen LogP contribution in [0.15, 0.2) is 0 Å². The molecule has 0 aliphatic carbocycles. The molecule has 1 aliphatic rings. The Morgan fingerprint density at radius 1 is 1.58 bits per heavy atom. The van der Waals surface area contributed by atoms with Gasteiger partial charge in [-0.05, 0) is 13.0 Å². The minimum absolute atomic E-state index is 0.615. The molecule has 0 unspecified atom stereocenters. The Morgan fingerprint density at radius 3 is 3.25 bits per heavy atom. The van der Waals surface area contributed by atoms with Crippen LogP contribution in [0.1, 0.15) is 12.2 Å². The number of anilines is 1. The highest BCUT2D eigenvalue weighted by molar-refractivity contribution is 5.26. The second-order valence-electron chi connectivity index (χ2n) is 2.89. The van der Waals surface area contributed by atoms with Crippen molar-refractivity contribution >= 4 is 5.95 Å². The van der Waals surface area contributed by atoms with E-state index in [4.69, 9.17) is 5.73 Å². The predicted octanol–water partition coefficient (Wildman–Crippen LogP) is -0.405. The SMILES string of the molecule is NCCc1nc2n(n1)CCCN2. The molecule has 0 saturated carbocycles. The van der Waals surface area contributed by atoms with Crippen LogP contribution in [0.5, 0.6) is 0 Å². The molecule has 1 aromatic rings. The van der Waals surface area contributed by atoms with Gasteiger partial charge in [0.05, 0.1) is 0 Å². The normalized spacial score (nSPS) is 15.4. The summed E-state index contributed by atoms with van der Waals surface area (Å²) in [6.07, 6.45) is 1.89.